The zero-order valence-corrected chi connectivity index (χ0v) is 9.86. The molecular formula is C13H21NO. The maximum Gasteiger partial charge on any atom is 0.118 e. The van der Waals surface area contributed by atoms with Crippen LogP contribution in [0.25, 0.3) is 0 Å². The van der Waals surface area contributed by atoms with Gasteiger partial charge in [-0.3, -0.25) is 0 Å². The van der Waals surface area contributed by atoms with Crippen LogP contribution < -0.4 is 10.5 Å². The van der Waals surface area contributed by atoms with Crippen molar-refractivity contribution in [1.29, 1.82) is 0 Å². The molecule has 0 radical (unpaired) electrons. The Morgan fingerprint density at radius 3 is 2.27 bits per heavy atom. The third-order valence-corrected chi connectivity index (χ3v) is 2.43. The van der Waals surface area contributed by atoms with Gasteiger partial charge in [0.15, 0.2) is 0 Å². The van der Waals surface area contributed by atoms with Crippen LogP contribution in [0.1, 0.15) is 25.8 Å². The van der Waals surface area contributed by atoms with E-state index in [0.717, 1.165) is 18.6 Å². The molecule has 0 aliphatic carbocycles. The summed E-state index contributed by atoms with van der Waals surface area (Å²) in [6.45, 7) is 4.40. The smallest absolute Gasteiger partial charge is 0.118 e. The summed E-state index contributed by atoms with van der Waals surface area (Å²) < 4.78 is 5.11. The molecule has 2 N–H and O–H groups in total. The molecule has 0 aliphatic rings. The van der Waals surface area contributed by atoms with E-state index in [9.17, 15) is 0 Å². The molecule has 0 heterocycles. The molecule has 0 saturated carbocycles. The molecule has 0 bridgehead atoms. The molecule has 2 nitrogen and oxygen atoms in total. The Bertz CT molecular complexity index is 279. The molecule has 1 atom stereocenters. The number of nitrogens with two attached hydrogens (primary N) is 1. The minimum atomic E-state index is 0.262. The van der Waals surface area contributed by atoms with E-state index in [1.807, 2.05) is 12.1 Å². The summed E-state index contributed by atoms with van der Waals surface area (Å²) in [4.78, 5) is 0. The normalized spacial score (nSPS) is 12.9. The van der Waals surface area contributed by atoms with Gasteiger partial charge >= 0.3 is 0 Å². The fourth-order valence-electron chi connectivity index (χ4n) is 1.75. The summed E-state index contributed by atoms with van der Waals surface area (Å²) in [6.07, 6.45) is 2.02. The van der Waals surface area contributed by atoms with Gasteiger partial charge in [0.05, 0.1) is 7.11 Å². The first-order chi connectivity index (χ1) is 7.11. The van der Waals surface area contributed by atoms with Gasteiger partial charge in [-0.15, -0.1) is 0 Å². The first kappa shape index (κ1) is 12.1. The van der Waals surface area contributed by atoms with Crippen molar-refractivity contribution in [2.75, 3.05) is 7.11 Å². The van der Waals surface area contributed by atoms with Gasteiger partial charge in [-0.1, -0.05) is 26.0 Å². The Kier molecular flexibility index (Phi) is 4.63. The molecule has 1 aromatic rings. The third kappa shape index (κ3) is 4.34. The fourth-order valence-corrected chi connectivity index (χ4v) is 1.75. The lowest BCUT2D eigenvalue weighted by atomic mass is 9.98. The van der Waals surface area contributed by atoms with Crippen LogP contribution in [-0.4, -0.2) is 13.2 Å². The van der Waals surface area contributed by atoms with E-state index in [-0.39, 0.29) is 6.04 Å². The van der Waals surface area contributed by atoms with E-state index in [1.165, 1.54) is 5.56 Å². The van der Waals surface area contributed by atoms with Crippen molar-refractivity contribution in [3.63, 3.8) is 0 Å². The summed E-state index contributed by atoms with van der Waals surface area (Å²) in [5.41, 5.74) is 7.33. The fraction of sp³-hybridized carbons (Fsp3) is 0.538. The molecule has 0 aromatic heterocycles. The highest BCUT2D eigenvalue weighted by atomic mass is 16.5. The van der Waals surface area contributed by atoms with Crippen LogP contribution in [0, 0.1) is 5.92 Å². The predicted octanol–water partition coefficient (Wildman–Crippen LogP) is 2.61. The lowest BCUT2D eigenvalue weighted by Crippen LogP contribution is -2.24. The van der Waals surface area contributed by atoms with E-state index in [0.29, 0.717) is 5.92 Å². The summed E-state index contributed by atoms with van der Waals surface area (Å²) in [5, 5.41) is 0. The highest BCUT2D eigenvalue weighted by Crippen LogP contribution is 2.14. The quantitative estimate of drug-likeness (QED) is 0.805. The van der Waals surface area contributed by atoms with Crippen LogP contribution in [0.15, 0.2) is 24.3 Å². The van der Waals surface area contributed by atoms with Gasteiger partial charge in [-0.2, -0.15) is 0 Å². The van der Waals surface area contributed by atoms with E-state index >= 15 is 0 Å². The maximum absolute atomic E-state index is 6.05. The first-order valence-corrected chi connectivity index (χ1v) is 5.50. The van der Waals surface area contributed by atoms with E-state index in [1.54, 1.807) is 7.11 Å². The monoisotopic (exact) mass is 207 g/mol. The predicted molar refractivity (Wildman–Crippen MR) is 64.1 cm³/mol. The van der Waals surface area contributed by atoms with Crippen molar-refractivity contribution in [3.8, 4) is 5.75 Å². The van der Waals surface area contributed by atoms with E-state index in [2.05, 4.69) is 26.0 Å². The lowest BCUT2D eigenvalue weighted by Gasteiger charge is -2.14. The summed E-state index contributed by atoms with van der Waals surface area (Å²) in [6, 6.07) is 8.39. The van der Waals surface area contributed by atoms with Gasteiger partial charge in [0.25, 0.3) is 0 Å². The van der Waals surface area contributed by atoms with Crippen LogP contribution in [-0.2, 0) is 6.42 Å². The zero-order chi connectivity index (χ0) is 11.3. The SMILES string of the molecule is COc1ccc(C[C@H](N)CC(C)C)cc1. The van der Waals surface area contributed by atoms with Gasteiger partial charge in [-0.05, 0) is 36.5 Å². The Balaban J connectivity index is 2.49. The van der Waals surface area contributed by atoms with Gasteiger partial charge in [-0.25, -0.2) is 0 Å². The Labute approximate surface area is 92.4 Å². The second-order valence-corrected chi connectivity index (χ2v) is 4.44. The molecule has 1 rings (SSSR count). The summed E-state index contributed by atoms with van der Waals surface area (Å²) in [5.74, 6) is 1.56. The molecule has 0 fully saturated rings. The zero-order valence-electron chi connectivity index (χ0n) is 9.86. The van der Waals surface area contributed by atoms with Crippen LogP contribution in [0.5, 0.6) is 5.75 Å². The number of benzene rings is 1. The molecule has 0 aliphatic heterocycles. The van der Waals surface area contributed by atoms with Crippen molar-refractivity contribution in [3.05, 3.63) is 29.8 Å². The van der Waals surface area contributed by atoms with Crippen LogP contribution in [0.3, 0.4) is 0 Å². The average Bonchev–Trinajstić information content (AvgIpc) is 2.17. The molecule has 0 amide bonds. The van der Waals surface area contributed by atoms with Crippen LogP contribution >= 0.6 is 0 Å². The molecule has 1 aromatic carbocycles. The molecule has 0 spiro atoms. The van der Waals surface area contributed by atoms with Crippen molar-refractivity contribution in [2.45, 2.75) is 32.7 Å². The third-order valence-electron chi connectivity index (χ3n) is 2.43. The highest BCUT2D eigenvalue weighted by molar-refractivity contribution is 5.27. The van der Waals surface area contributed by atoms with E-state index < -0.39 is 0 Å². The Morgan fingerprint density at radius 1 is 1.20 bits per heavy atom. The number of methoxy groups -OCH3 is 1. The van der Waals surface area contributed by atoms with Gasteiger partial charge in [0.1, 0.15) is 5.75 Å². The first-order valence-electron chi connectivity index (χ1n) is 5.50. The molecule has 15 heavy (non-hydrogen) atoms. The maximum atomic E-state index is 6.05. The van der Waals surface area contributed by atoms with Gasteiger partial charge < -0.3 is 10.5 Å². The summed E-state index contributed by atoms with van der Waals surface area (Å²) >= 11 is 0. The Hall–Kier alpha value is -1.02. The second kappa shape index (κ2) is 5.76. The largest absolute Gasteiger partial charge is 0.497 e. The molecule has 84 valence electrons. The van der Waals surface area contributed by atoms with Gasteiger partial charge in [0, 0.05) is 6.04 Å². The van der Waals surface area contributed by atoms with Gasteiger partial charge in [0.2, 0.25) is 0 Å². The average molecular weight is 207 g/mol. The molecule has 2 heteroatoms. The topological polar surface area (TPSA) is 35.2 Å². The number of rotatable bonds is 5. The second-order valence-electron chi connectivity index (χ2n) is 4.44. The van der Waals surface area contributed by atoms with Crippen LogP contribution in [0.4, 0.5) is 0 Å². The number of hydrogen-bond acceptors (Lipinski definition) is 2. The Morgan fingerprint density at radius 2 is 1.80 bits per heavy atom. The number of hydrogen-bond donors (Lipinski definition) is 1. The van der Waals surface area contributed by atoms with Crippen molar-refractivity contribution >= 4 is 0 Å². The molecular weight excluding hydrogens is 186 g/mol. The van der Waals surface area contributed by atoms with E-state index in [4.69, 9.17) is 10.5 Å². The molecule has 0 saturated heterocycles. The molecule has 0 unspecified atom stereocenters. The van der Waals surface area contributed by atoms with Crippen molar-refractivity contribution in [2.24, 2.45) is 11.7 Å². The van der Waals surface area contributed by atoms with Crippen LogP contribution in [0.2, 0.25) is 0 Å². The number of ether oxygens (including phenoxy) is 1. The standard InChI is InChI=1S/C13H21NO/c1-10(2)8-12(14)9-11-4-6-13(15-3)7-5-11/h4-7,10,12H,8-9,14H2,1-3H3/t12-/m1/s1. The summed E-state index contributed by atoms with van der Waals surface area (Å²) in [7, 11) is 1.68. The lowest BCUT2D eigenvalue weighted by molar-refractivity contribution is 0.414. The highest BCUT2D eigenvalue weighted by Gasteiger charge is 2.06. The van der Waals surface area contributed by atoms with Crippen molar-refractivity contribution < 1.29 is 4.74 Å². The minimum absolute atomic E-state index is 0.262. The van der Waals surface area contributed by atoms with Crippen molar-refractivity contribution in [1.82, 2.24) is 0 Å². The minimum Gasteiger partial charge on any atom is -0.497 e.